The summed E-state index contributed by atoms with van der Waals surface area (Å²) in [5.41, 5.74) is 3.59. The Morgan fingerprint density at radius 3 is 2.88 bits per heavy atom. The van der Waals surface area contributed by atoms with Gasteiger partial charge in [-0.15, -0.1) is 0 Å². The molecule has 0 spiro atoms. The number of nitrogens with zero attached hydrogens (tertiary/aromatic N) is 1. The first-order valence-corrected chi connectivity index (χ1v) is 6.79. The van der Waals surface area contributed by atoms with E-state index in [1.54, 1.807) is 5.57 Å². The summed E-state index contributed by atoms with van der Waals surface area (Å²) in [6.07, 6.45) is 14.4. The van der Waals surface area contributed by atoms with Crippen LogP contribution in [0.3, 0.4) is 0 Å². The molecule has 1 nitrogen and oxygen atoms in total. The molecule has 1 atom stereocenters. The Balaban J connectivity index is 1.90. The van der Waals surface area contributed by atoms with Crippen molar-refractivity contribution in [3.8, 4) is 0 Å². The maximum absolute atomic E-state index is 2.47. The van der Waals surface area contributed by atoms with Crippen LogP contribution in [-0.2, 0) is 0 Å². The van der Waals surface area contributed by atoms with Crippen LogP contribution in [0.2, 0.25) is 0 Å². The third kappa shape index (κ3) is 2.98. The van der Waals surface area contributed by atoms with Crippen molar-refractivity contribution in [2.45, 2.75) is 44.9 Å². The highest BCUT2D eigenvalue weighted by atomic mass is 15.0. The summed E-state index contributed by atoms with van der Waals surface area (Å²) in [5, 5.41) is 0. The van der Waals surface area contributed by atoms with Crippen LogP contribution in [0.25, 0.3) is 0 Å². The van der Waals surface area contributed by atoms with E-state index in [2.05, 4.69) is 31.1 Å². The van der Waals surface area contributed by atoms with Crippen molar-refractivity contribution >= 4 is 0 Å². The Bertz CT molecular complexity index is 286. The molecular formula is C15H25N. The normalized spacial score (nSPS) is 25.1. The molecular weight excluding hydrogens is 194 g/mol. The predicted octanol–water partition coefficient (Wildman–Crippen LogP) is 3.77. The molecule has 0 fully saturated rings. The van der Waals surface area contributed by atoms with E-state index in [0.717, 1.165) is 5.92 Å². The Labute approximate surface area is 100 Å². The molecule has 2 aliphatic rings. The highest BCUT2D eigenvalue weighted by molar-refractivity contribution is 5.29. The van der Waals surface area contributed by atoms with Crippen molar-refractivity contribution in [2.75, 3.05) is 20.6 Å². The first-order chi connectivity index (χ1) is 7.77. The van der Waals surface area contributed by atoms with E-state index >= 15 is 0 Å². The third-order valence-electron chi connectivity index (χ3n) is 3.93. The molecule has 0 amide bonds. The van der Waals surface area contributed by atoms with Crippen molar-refractivity contribution in [3.63, 3.8) is 0 Å². The van der Waals surface area contributed by atoms with Crippen molar-refractivity contribution in [2.24, 2.45) is 5.92 Å². The van der Waals surface area contributed by atoms with E-state index in [1.807, 2.05) is 5.57 Å². The monoisotopic (exact) mass is 219 g/mol. The zero-order valence-electron chi connectivity index (χ0n) is 10.8. The van der Waals surface area contributed by atoms with Gasteiger partial charge in [-0.25, -0.2) is 0 Å². The maximum atomic E-state index is 2.47. The summed E-state index contributed by atoms with van der Waals surface area (Å²) in [5.74, 6) is 0.781. The van der Waals surface area contributed by atoms with Crippen molar-refractivity contribution < 1.29 is 0 Å². The Kier molecular flexibility index (Phi) is 4.22. The van der Waals surface area contributed by atoms with Gasteiger partial charge in [0.15, 0.2) is 0 Å². The minimum Gasteiger partial charge on any atom is -0.309 e. The molecule has 0 heterocycles. The van der Waals surface area contributed by atoms with E-state index in [0.29, 0.717) is 0 Å². The van der Waals surface area contributed by atoms with Gasteiger partial charge < -0.3 is 4.90 Å². The van der Waals surface area contributed by atoms with Gasteiger partial charge in [0.2, 0.25) is 0 Å². The van der Waals surface area contributed by atoms with Crippen LogP contribution >= 0.6 is 0 Å². The number of allylic oxidation sites excluding steroid dienone is 4. The van der Waals surface area contributed by atoms with E-state index in [4.69, 9.17) is 0 Å². The van der Waals surface area contributed by atoms with Crippen LogP contribution in [0.1, 0.15) is 44.9 Å². The van der Waals surface area contributed by atoms with Gasteiger partial charge in [0.05, 0.1) is 0 Å². The lowest BCUT2D eigenvalue weighted by molar-refractivity contribution is 0.383. The maximum Gasteiger partial charge on any atom is -0.00199 e. The zero-order chi connectivity index (χ0) is 11.4. The standard InChI is InChI=1S/C15H25N/c1-16(2)12-6-10-14-9-5-8-13-7-3-4-11-15(13)14/h5,9,14H,3-4,6-8,10-12H2,1-2H3. The van der Waals surface area contributed by atoms with E-state index in [9.17, 15) is 0 Å². The molecule has 1 heteroatoms. The summed E-state index contributed by atoms with van der Waals surface area (Å²) in [4.78, 5) is 2.29. The summed E-state index contributed by atoms with van der Waals surface area (Å²) >= 11 is 0. The summed E-state index contributed by atoms with van der Waals surface area (Å²) < 4.78 is 0. The molecule has 0 saturated carbocycles. The van der Waals surface area contributed by atoms with Crippen LogP contribution in [0.15, 0.2) is 23.3 Å². The number of rotatable bonds is 4. The van der Waals surface area contributed by atoms with Crippen LogP contribution in [0, 0.1) is 5.92 Å². The molecule has 0 aromatic heterocycles. The SMILES string of the molecule is CN(C)CCCC1C=CCC2=C1CCCC2. The lowest BCUT2D eigenvalue weighted by Gasteiger charge is -2.28. The lowest BCUT2D eigenvalue weighted by Crippen LogP contribution is -2.16. The fraction of sp³-hybridized carbons (Fsp3) is 0.733. The molecule has 0 aromatic rings. The van der Waals surface area contributed by atoms with Gasteiger partial charge in [0.1, 0.15) is 0 Å². The average molecular weight is 219 g/mol. The first kappa shape index (κ1) is 11.9. The summed E-state index contributed by atoms with van der Waals surface area (Å²) in [7, 11) is 4.34. The van der Waals surface area contributed by atoms with Crippen molar-refractivity contribution in [1.82, 2.24) is 4.90 Å². The van der Waals surface area contributed by atoms with Gasteiger partial charge in [0.25, 0.3) is 0 Å². The van der Waals surface area contributed by atoms with Crippen LogP contribution in [-0.4, -0.2) is 25.5 Å². The molecule has 90 valence electrons. The molecule has 0 aliphatic heterocycles. The fourth-order valence-corrected chi connectivity index (χ4v) is 3.06. The first-order valence-electron chi connectivity index (χ1n) is 6.79. The quantitative estimate of drug-likeness (QED) is 0.650. The van der Waals surface area contributed by atoms with Gasteiger partial charge in [0, 0.05) is 0 Å². The second-order valence-corrected chi connectivity index (χ2v) is 5.52. The number of hydrogen-bond donors (Lipinski definition) is 0. The molecule has 0 aromatic carbocycles. The van der Waals surface area contributed by atoms with E-state index in [-0.39, 0.29) is 0 Å². The van der Waals surface area contributed by atoms with Crippen LogP contribution in [0.4, 0.5) is 0 Å². The lowest BCUT2D eigenvalue weighted by atomic mass is 9.78. The molecule has 0 bridgehead atoms. The minimum absolute atomic E-state index is 0.781. The Morgan fingerprint density at radius 1 is 1.25 bits per heavy atom. The van der Waals surface area contributed by atoms with Crippen LogP contribution in [0.5, 0.6) is 0 Å². The van der Waals surface area contributed by atoms with Gasteiger partial charge in [-0.1, -0.05) is 23.3 Å². The third-order valence-corrected chi connectivity index (χ3v) is 3.93. The Morgan fingerprint density at radius 2 is 2.06 bits per heavy atom. The molecule has 0 saturated heterocycles. The summed E-state index contributed by atoms with van der Waals surface area (Å²) in [6, 6.07) is 0. The van der Waals surface area contributed by atoms with Gasteiger partial charge in [-0.05, 0) is 71.5 Å². The topological polar surface area (TPSA) is 3.24 Å². The summed E-state index contributed by atoms with van der Waals surface area (Å²) in [6.45, 7) is 1.23. The minimum atomic E-state index is 0.781. The fourth-order valence-electron chi connectivity index (χ4n) is 3.06. The molecule has 0 N–H and O–H groups in total. The molecule has 1 unspecified atom stereocenters. The van der Waals surface area contributed by atoms with Crippen LogP contribution < -0.4 is 0 Å². The number of hydrogen-bond acceptors (Lipinski definition) is 1. The highest BCUT2D eigenvalue weighted by Gasteiger charge is 2.21. The molecule has 16 heavy (non-hydrogen) atoms. The second kappa shape index (κ2) is 5.67. The van der Waals surface area contributed by atoms with Gasteiger partial charge in [-0.2, -0.15) is 0 Å². The second-order valence-electron chi connectivity index (χ2n) is 5.52. The highest BCUT2D eigenvalue weighted by Crippen LogP contribution is 2.37. The van der Waals surface area contributed by atoms with E-state index < -0.39 is 0 Å². The Hall–Kier alpha value is -0.560. The largest absolute Gasteiger partial charge is 0.309 e. The molecule has 2 aliphatic carbocycles. The predicted molar refractivity (Wildman–Crippen MR) is 70.5 cm³/mol. The molecule has 0 radical (unpaired) electrons. The van der Waals surface area contributed by atoms with E-state index in [1.165, 1.54) is 51.5 Å². The zero-order valence-corrected chi connectivity index (χ0v) is 10.8. The van der Waals surface area contributed by atoms with Gasteiger partial charge in [-0.3, -0.25) is 0 Å². The van der Waals surface area contributed by atoms with Crippen molar-refractivity contribution in [1.29, 1.82) is 0 Å². The smallest absolute Gasteiger partial charge is 0.00199 e. The molecule has 2 rings (SSSR count). The van der Waals surface area contributed by atoms with Gasteiger partial charge >= 0.3 is 0 Å². The average Bonchev–Trinajstić information content (AvgIpc) is 2.29. The van der Waals surface area contributed by atoms with Crippen molar-refractivity contribution in [3.05, 3.63) is 23.3 Å².